The van der Waals surface area contributed by atoms with Gasteiger partial charge in [-0.25, -0.2) is 9.97 Å². The number of alkyl halides is 3. The number of pyridine rings is 1. The van der Waals surface area contributed by atoms with Gasteiger partial charge in [0.1, 0.15) is 5.82 Å². The van der Waals surface area contributed by atoms with Crippen molar-refractivity contribution in [3.8, 4) is 0 Å². The van der Waals surface area contributed by atoms with Gasteiger partial charge in [0.25, 0.3) is 10.0 Å². The minimum absolute atomic E-state index is 0.0518. The first kappa shape index (κ1) is 16.2. The lowest BCUT2D eigenvalue weighted by Crippen LogP contribution is -2.16. The zero-order chi connectivity index (χ0) is 16.5. The quantitative estimate of drug-likeness (QED) is 0.864. The number of nitrogens with one attached hydrogen (secondary N) is 1. The molecule has 0 spiro atoms. The highest BCUT2D eigenvalue weighted by atomic mass is 32.2. The number of carbonyl (C=O) groups excluding carboxylic acids is 1. The van der Waals surface area contributed by atoms with Gasteiger partial charge in [-0.2, -0.15) is 21.6 Å². The summed E-state index contributed by atoms with van der Waals surface area (Å²) >= 11 is 0.163. The third-order valence-electron chi connectivity index (χ3n) is 2.29. The molecule has 7 nitrogen and oxygen atoms in total. The molecule has 2 aromatic heterocycles. The molecule has 0 saturated carbocycles. The summed E-state index contributed by atoms with van der Waals surface area (Å²) in [6.45, 7) is 0. The molecule has 0 aliphatic rings. The molecule has 0 radical (unpaired) electrons. The molecule has 22 heavy (non-hydrogen) atoms. The standard InChI is InChI=1S/C10H7F3N4O3S2/c11-10(12,13)9-16-7(4-21-9)22(19,20)17-6-2-1-5(3-15-6)8(14)18/h1-4H,(H2,14,18)(H,15,17). The summed E-state index contributed by atoms with van der Waals surface area (Å²) in [6.07, 6.45) is -3.69. The number of nitrogens with zero attached hydrogens (tertiary/aromatic N) is 2. The number of halogens is 3. The van der Waals surface area contributed by atoms with Crippen LogP contribution >= 0.6 is 11.3 Å². The summed E-state index contributed by atoms with van der Waals surface area (Å²) in [4.78, 5) is 17.5. The van der Waals surface area contributed by atoms with Crippen molar-refractivity contribution in [1.29, 1.82) is 0 Å². The number of aromatic nitrogens is 2. The maximum atomic E-state index is 12.4. The molecule has 0 saturated heterocycles. The summed E-state index contributed by atoms with van der Waals surface area (Å²) in [6, 6.07) is 2.37. The van der Waals surface area contributed by atoms with Crippen LogP contribution in [0.15, 0.2) is 28.7 Å². The Labute approximate surface area is 126 Å². The Hall–Kier alpha value is -2.21. The maximum absolute atomic E-state index is 12.4. The fraction of sp³-hybridized carbons (Fsp3) is 0.100. The number of sulfonamides is 1. The molecule has 2 aromatic rings. The smallest absolute Gasteiger partial charge is 0.366 e. The molecule has 2 rings (SSSR count). The topological polar surface area (TPSA) is 115 Å². The molecule has 0 unspecified atom stereocenters. The van der Waals surface area contributed by atoms with Crippen molar-refractivity contribution in [3.05, 3.63) is 34.3 Å². The van der Waals surface area contributed by atoms with Crippen LogP contribution in [0, 0.1) is 0 Å². The maximum Gasteiger partial charge on any atom is 0.443 e. The van der Waals surface area contributed by atoms with Gasteiger partial charge in [-0.3, -0.25) is 9.52 Å². The van der Waals surface area contributed by atoms with Crippen molar-refractivity contribution in [2.24, 2.45) is 5.73 Å². The molecule has 3 N–H and O–H groups in total. The van der Waals surface area contributed by atoms with Crippen molar-refractivity contribution < 1.29 is 26.4 Å². The highest BCUT2D eigenvalue weighted by Crippen LogP contribution is 2.32. The number of nitrogens with two attached hydrogens (primary N) is 1. The predicted octanol–water partition coefficient (Wildman–Crippen LogP) is 1.46. The number of primary amides is 1. The summed E-state index contributed by atoms with van der Waals surface area (Å²) in [5, 5.41) is -1.28. The Bertz CT molecular complexity index is 800. The lowest BCUT2D eigenvalue weighted by Gasteiger charge is -2.05. The van der Waals surface area contributed by atoms with Gasteiger partial charge in [-0.15, -0.1) is 11.3 Å². The van der Waals surface area contributed by atoms with Crippen LogP contribution in [0.4, 0.5) is 19.0 Å². The van der Waals surface area contributed by atoms with Gasteiger partial charge >= 0.3 is 6.18 Å². The molecule has 0 aromatic carbocycles. The van der Waals surface area contributed by atoms with Gasteiger partial charge < -0.3 is 5.73 Å². The van der Waals surface area contributed by atoms with E-state index >= 15 is 0 Å². The first-order chi connectivity index (χ1) is 10.1. The zero-order valence-corrected chi connectivity index (χ0v) is 12.1. The summed E-state index contributed by atoms with van der Waals surface area (Å²) in [5.74, 6) is -0.942. The number of amides is 1. The van der Waals surface area contributed by atoms with E-state index in [1.165, 1.54) is 6.07 Å². The minimum Gasteiger partial charge on any atom is -0.366 e. The van der Waals surface area contributed by atoms with E-state index in [9.17, 15) is 26.4 Å². The highest BCUT2D eigenvalue weighted by molar-refractivity contribution is 7.92. The lowest BCUT2D eigenvalue weighted by molar-refractivity contribution is -0.137. The number of carbonyl (C=O) groups is 1. The number of hydrogen-bond donors (Lipinski definition) is 2. The van der Waals surface area contributed by atoms with E-state index in [0.717, 1.165) is 17.6 Å². The van der Waals surface area contributed by atoms with Crippen LogP contribution in [-0.4, -0.2) is 24.3 Å². The second kappa shape index (κ2) is 5.53. The highest BCUT2D eigenvalue weighted by Gasteiger charge is 2.36. The molecule has 12 heteroatoms. The molecule has 1 amide bonds. The summed E-state index contributed by atoms with van der Waals surface area (Å²) in [5.41, 5.74) is 5.04. The van der Waals surface area contributed by atoms with Gasteiger partial charge in [0.05, 0.1) is 5.56 Å². The number of rotatable bonds is 4. The first-order valence-corrected chi connectivity index (χ1v) is 7.77. The SMILES string of the molecule is NC(=O)c1ccc(NS(=O)(=O)c2csc(C(F)(F)F)n2)nc1. The fourth-order valence-electron chi connectivity index (χ4n) is 1.30. The second-order valence-electron chi connectivity index (χ2n) is 3.89. The third kappa shape index (κ3) is 3.51. The van der Waals surface area contributed by atoms with E-state index < -0.39 is 32.1 Å². The monoisotopic (exact) mass is 352 g/mol. The van der Waals surface area contributed by atoms with E-state index in [1.807, 2.05) is 4.72 Å². The number of hydrogen-bond acceptors (Lipinski definition) is 6. The summed E-state index contributed by atoms with van der Waals surface area (Å²) < 4.78 is 63.0. The molecule has 118 valence electrons. The molecule has 0 fully saturated rings. The van der Waals surface area contributed by atoms with E-state index in [-0.39, 0.29) is 22.7 Å². The van der Waals surface area contributed by atoms with Crippen molar-refractivity contribution in [1.82, 2.24) is 9.97 Å². The second-order valence-corrected chi connectivity index (χ2v) is 6.38. The van der Waals surface area contributed by atoms with Crippen LogP contribution in [0.25, 0.3) is 0 Å². The Kier molecular flexibility index (Phi) is 4.06. The lowest BCUT2D eigenvalue weighted by atomic mass is 10.3. The van der Waals surface area contributed by atoms with E-state index in [1.54, 1.807) is 0 Å². The molecule has 0 aliphatic carbocycles. The van der Waals surface area contributed by atoms with Crippen LogP contribution in [0.2, 0.25) is 0 Å². The first-order valence-electron chi connectivity index (χ1n) is 5.41. The van der Waals surface area contributed by atoms with Crippen LogP contribution in [0.1, 0.15) is 15.4 Å². The normalized spacial score (nSPS) is 12.1. The van der Waals surface area contributed by atoms with Crippen molar-refractivity contribution in [2.45, 2.75) is 11.2 Å². The molecular formula is C10H7F3N4O3S2. The van der Waals surface area contributed by atoms with Gasteiger partial charge in [0, 0.05) is 11.6 Å². The predicted molar refractivity (Wildman–Crippen MR) is 70.7 cm³/mol. The summed E-state index contributed by atoms with van der Waals surface area (Å²) in [7, 11) is -4.32. The Morgan fingerprint density at radius 1 is 1.32 bits per heavy atom. The molecular weight excluding hydrogens is 345 g/mol. The van der Waals surface area contributed by atoms with Gasteiger partial charge in [0.15, 0.2) is 10.0 Å². The fourth-order valence-corrected chi connectivity index (χ4v) is 3.27. The van der Waals surface area contributed by atoms with E-state index in [4.69, 9.17) is 5.73 Å². The van der Waals surface area contributed by atoms with Crippen LogP contribution in [-0.2, 0) is 16.2 Å². The van der Waals surface area contributed by atoms with E-state index in [0.29, 0.717) is 0 Å². The van der Waals surface area contributed by atoms with Crippen molar-refractivity contribution in [2.75, 3.05) is 4.72 Å². The van der Waals surface area contributed by atoms with Gasteiger partial charge in [0.2, 0.25) is 5.91 Å². The minimum atomic E-state index is -4.72. The number of thiazole rings is 1. The average molecular weight is 352 g/mol. The Morgan fingerprint density at radius 3 is 2.45 bits per heavy atom. The molecule has 2 heterocycles. The molecule has 0 bridgehead atoms. The van der Waals surface area contributed by atoms with Gasteiger partial charge in [-0.05, 0) is 12.1 Å². The number of anilines is 1. The Balaban J connectivity index is 2.24. The molecule has 0 aliphatic heterocycles. The van der Waals surface area contributed by atoms with Crippen LogP contribution in [0.5, 0.6) is 0 Å². The van der Waals surface area contributed by atoms with Crippen LogP contribution < -0.4 is 10.5 Å². The zero-order valence-electron chi connectivity index (χ0n) is 10.5. The average Bonchev–Trinajstić information content (AvgIpc) is 2.89. The molecule has 0 atom stereocenters. The Morgan fingerprint density at radius 2 is 2.00 bits per heavy atom. The third-order valence-corrected chi connectivity index (χ3v) is 4.56. The van der Waals surface area contributed by atoms with Crippen LogP contribution in [0.3, 0.4) is 0 Å². The largest absolute Gasteiger partial charge is 0.443 e. The van der Waals surface area contributed by atoms with Crippen molar-refractivity contribution in [3.63, 3.8) is 0 Å². The van der Waals surface area contributed by atoms with E-state index in [2.05, 4.69) is 9.97 Å². The van der Waals surface area contributed by atoms with Gasteiger partial charge in [-0.1, -0.05) is 0 Å². The van der Waals surface area contributed by atoms with Crippen molar-refractivity contribution >= 4 is 33.1 Å².